The van der Waals surface area contributed by atoms with Gasteiger partial charge in [-0.1, -0.05) is 25.3 Å². The third kappa shape index (κ3) is 4.35. The van der Waals surface area contributed by atoms with Crippen molar-refractivity contribution in [2.24, 2.45) is 0 Å². The number of aromatic nitrogens is 3. The minimum absolute atomic E-state index is 0.132. The summed E-state index contributed by atoms with van der Waals surface area (Å²) in [6.45, 7) is 2.31. The lowest BCUT2D eigenvalue weighted by atomic mass is 9.93. The summed E-state index contributed by atoms with van der Waals surface area (Å²) in [5.41, 5.74) is 0.528. The highest BCUT2D eigenvalue weighted by molar-refractivity contribution is 5.81. The van der Waals surface area contributed by atoms with Crippen LogP contribution in [-0.4, -0.2) is 33.7 Å². The number of rotatable bonds is 6. The van der Waals surface area contributed by atoms with E-state index in [1.54, 1.807) is 18.3 Å². The van der Waals surface area contributed by atoms with E-state index in [1.165, 1.54) is 21.5 Å². The molecule has 0 atom stereocenters. The number of fused-ring (bicyclic) bond motifs is 1. The van der Waals surface area contributed by atoms with Gasteiger partial charge >= 0.3 is 6.18 Å². The highest BCUT2D eigenvalue weighted by Gasteiger charge is 2.36. The van der Waals surface area contributed by atoms with Crippen LogP contribution >= 0.6 is 0 Å². The van der Waals surface area contributed by atoms with Crippen molar-refractivity contribution in [3.05, 3.63) is 42.1 Å². The van der Waals surface area contributed by atoms with E-state index in [2.05, 4.69) is 10.1 Å². The van der Waals surface area contributed by atoms with Crippen LogP contribution in [0.4, 0.5) is 18.9 Å². The van der Waals surface area contributed by atoms with Gasteiger partial charge in [0.1, 0.15) is 0 Å². The Balaban J connectivity index is 1.78. The fraction of sp³-hybridized carbons (Fsp3) is 0.409. The standard InChI is InChI=1S/C22H23F3N4O2/c1-2-31-21-11-10-20-26-18(13-29(20)27-21)15-8-9-17(22(23,24)25)19(12-15)28(14-30)16-6-4-3-5-7-16/h8-14,16H,2-7H2,1H3. The minimum atomic E-state index is -4.57. The molecule has 9 heteroatoms. The first kappa shape index (κ1) is 21.1. The van der Waals surface area contributed by atoms with Gasteiger partial charge < -0.3 is 9.64 Å². The molecule has 1 aliphatic rings. The number of amides is 1. The van der Waals surface area contributed by atoms with Gasteiger partial charge in [0.25, 0.3) is 0 Å². The van der Waals surface area contributed by atoms with Gasteiger partial charge in [0, 0.05) is 17.7 Å². The topological polar surface area (TPSA) is 59.7 Å². The van der Waals surface area contributed by atoms with Gasteiger partial charge in [-0.3, -0.25) is 4.79 Å². The summed E-state index contributed by atoms with van der Waals surface area (Å²) in [5, 5.41) is 4.30. The average Bonchev–Trinajstić information content (AvgIpc) is 3.18. The summed E-state index contributed by atoms with van der Waals surface area (Å²) >= 11 is 0. The molecule has 0 bridgehead atoms. The maximum absolute atomic E-state index is 13.7. The summed E-state index contributed by atoms with van der Waals surface area (Å²) in [6.07, 6.45) is 1.80. The van der Waals surface area contributed by atoms with E-state index in [0.717, 1.165) is 25.3 Å². The molecule has 1 saturated carbocycles. The van der Waals surface area contributed by atoms with Crippen LogP contribution in [0.1, 0.15) is 44.6 Å². The third-order valence-corrected chi connectivity index (χ3v) is 5.55. The van der Waals surface area contributed by atoms with Gasteiger partial charge in [-0.2, -0.15) is 13.2 Å². The van der Waals surface area contributed by atoms with E-state index in [9.17, 15) is 18.0 Å². The van der Waals surface area contributed by atoms with Gasteiger partial charge in [-0.15, -0.1) is 5.10 Å². The van der Waals surface area contributed by atoms with Gasteiger partial charge in [0.15, 0.2) is 5.65 Å². The van der Waals surface area contributed by atoms with Crippen molar-refractivity contribution < 1.29 is 22.7 Å². The number of anilines is 1. The predicted molar refractivity (Wildman–Crippen MR) is 110 cm³/mol. The summed E-state index contributed by atoms with van der Waals surface area (Å²) < 4.78 is 48.1. The molecule has 0 spiro atoms. The first-order chi connectivity index (χ1) is 14.9. The number of nitrogens with zero attached hydrogens (tertiary/aromatic N) is 4. The van der Waals surface area contributed by atoms with Crippen LogP contribution in [0.3, 0.4) is 0 Å². The van der Waals surface area contributed by atoms with Crippen molar-refractivity contribution in [2.45, 2.75) is 51.2 Å². The number of hydrogen-bond acceptors (Lipinski definition) is 4. The van der Waals surface area contributed by atoms with Crippen molar-refractivity contribution in [1.29, 1.82) is 0 Å². The Morgan fingerprint density at radius 1 is 1.19 bits per heavy atom. The summed E-state index contributed by atoms with van der Waals surface area (Å²) in [5.74, 6) is 0.427. The van der Waals surface area contributed by atoms with E-state index in [0.29, 0.717) is 48.6 Å². The molecule has 1 fully saturated rings. The van der Waals surface area contributed by atoms with Crippen molar-refractivity contribution in [3.63, 3.8) is 0 Å². The van der Waals surface area contributed by atoms with Crippen LogP contribution in [0, 0.1) is 0 Å². The first-order valence-electron chi connectivity index (χ1n) is 10.3. The largest absolute Gasteiger partial charge is 0.477 e. The van der Waals surface area contributed by atoms with Crippen molar-refractivity contribution >= 4 is 17.7 Å². The summed E-state index contributed by atoms with van der Waals surface area (Å²) in [6, 6.07) is 6.97. The second-order valence-corrected chi connectivity index (χ2v) is 7.57. The molecule has 2 aromatic heterocycles. The van der Waals surface area contributed by atoms with E-state index >= 15 is 0 Å². The molecule has 0 radical (unpaired) electrons. The number of carbonyl (C=O) groups excluding carboxylic acids is 1. The van der Waals surface area contributed by atoms with Crippen LogP contribution in [0.5, 0.6) is 5.88 Å². The zero-order chi connectivity index (χ0) is 22.0. The monoisotopic (exact) mass is 432 g/mol. The zero-order valence-electron chi connectivity index (χ0n) is 17.1. The predicted octanol–water partition coefficient (Wildman–Crippen LogP) is 5.11. The summed E-state index contributed by atoms with van der Waals surface area (Å²) in [7, 11) is 0. The number of imidazole rings is 1. The Kier molecular flexibility index (Phi) is 5.84. The maximum atomic E-state index is 13.7. The molecule has 0 aliphatic heterocycles. The van der Waals surface area contributed by atoms with Crippen molar-refractivity contribution in [3.8, 4) is 17.1 Å². The SMILES string of the molecule is CCOc1ccc2nc(-c3ccc(C(F)(F)F)c(N(C=O)C4CCCCC4)c3)cn2n1. The number of hydrogen-bond donors (Lipinski definition) is 0. The molecule has 0 saturated heterocycles. The summed E-state index contributed by atoms with van der Waals surface area (Å²) in [4.78, 5) is 17.6. The third-order valence-electron chi connectivity index (χ3n) is 5.55. The minimum Gasteiger partial charge on any atom is -0.477 e. The molecule has 0 N–H and O–H groups in total. The van der Waals surface area contributed by atoms with Gasteiger partial charge in [0.05, 0.1) is 29.7 Å². The Hall–Kier alpha value is -3.10. The van der Waals surface area contributed by atoms with Gasteiger partial charge in [0.2, 0.25) is 12.3 Å². The Labute approximate surface area is 177 Å². The first-order valence-corrected chi connectivity index (χ1v) is 10.3. The highest BCUT2D eigenvalue weighted by atomic mass is 19.4. The van der Waals surface area contributed by atoms with E-state index < -0.39 is 11.7 Å². The lowest BCUT2D eigenvalue weighted by Gasteiger charge is -2.33. The lowest BCUT2D eigenvalue weighted by molar-refractivity contribution is -0.137. The highest BCUT2D eigenvalue weighted by Crippen LogP contribution is 2.40. The number of halogens is 3. The lowest BCUT2D eigenvalue weighted by Crippen LogP contribution is -2.37. The molecule has 1 aromatic carbocycles. The number of alkyl halides is 3. The van der Waals surface area contributed by atoms with Crippen LogP contribution < -0.4 is 9.64 Å². The van der Waals surface area contributed by atoms with Gasteiger partial charge in [-0.05, 0) is 38.0 Å². The fourth-order valence-corrected chi connectivity index (χ4v) is 4.07. The fourth-order valence-electron chi connectivity index (χ4n) is 4.07. The second-order valence-electron chi connectivity index (χ2n) is 7.57. The van der Waals surface area contributed by atoms with Crippen LogP contribution in [0.2, 0.25) is 0 Å². The molecule has 1 aliphatic carbocycles. The molecule has 6 nitrogen and oxygen atoms in total. The van der Waals surface area contributed by atoms with Crippen molar-refractivity contribution in [2.75, 3.05) is 11.5 Å². The molecule has 164 valence electrons. The smallest absolute Gasteiger partial charge is 0.418 e. The Morgan fingerprint density at radius 3 is 2.65 bits per heavy atom. The molecule has 2 heterocycles. The molecule has 4 rings (SSSR count). The number of ether oxygens (including phenoxy) is 1. The Morgan fingerprint density at radius 2 is 1.97 bits per heavy atom. The van der Waals surface area contributed by atoms with Crippen LogP contribution in [-0.2, 0) is 11.0 Å². The van der Waals surface area contributed by atoms with E-state index in [4.69, 9.17) is 4.74 Å². The zero-order valence-corrected chi connectivity index (χ0v) is 17.1. The molecule has 3 aromatic rings. The number of benzene rings is 1. The normalized spacial score (nSPS) is 15.2. The van der Waals surface area contributed by atoms with Crippen molar-refractivity contribution in [1.82, 2.24) is 14.6 Å². The molecule has 0 unspecified atom stereocenters. The molecule has 31 heavy (non-hydrogen) atoms. The maximum Gasteiger partial charge on any atom is 0.418 e. The van der Waals surface area contributed by atoms with Crippen LogP contribution in [0.25, 0.3) is 16.9 Å². The number of carbonyl (C=O) groups is 1. The molecule has 1 amide bonds. The average molecular weight is 432 g/mol. The second kappa shape index (κ2) is 8.56. The quantitative estimate of drug-likeness (QED) is 0.508. The van der Waals surface area contributed by atoms with Gasteiger partial charge in [-0.25, -0.2) is 9.50 Å². The van der Waals surface area contributed by atoms with E-state index in [1.807, 2.05) is 6.92 Å². The van der Waals surface area contributed by atoms with E-state index in [-0.39, 0.29) is 11.7 Å². The van der Waals surface area contributed by atoms with Crippen LogP contribution in [0.15, 0.2) is 36.5 Å². The molecular formula is C22H23F3N4O2. The molecular weight excluding hydrogens is 409 g/mol. The Bertz CT molecular complexity index is 1070.